The van der Waals surface area contributed by atoms with E-state index in [4.69, 9.17) is 4.74 Å². The van der Waals surface area contributed by atoms with Crippen molar-refractivity contribution in [2.75, 3.05) is 18.6 Å². The summed E-state index contributed by atoms with van der Waals surface area (Å²) in [6, 6.07) is 3.69. The van der Waals surface area contributed by atoms with Crippen LogP contribution in [-0.4, -0.2) is 31.5 Å². The third-order valence-corrected chi connectivity index (χ3v) is 3.23. The number of ether oxygens (including phenoxy) is 1. The number of hydrogen-bond acceptors (Lipinski definition) is 3. The lowest BCUT2D eigenvalue weighted by molar-refractivity contribution is -0.131. The molecule has 0 aromatic heterocycles. The first kappa shape index (κ1) is 14.3. The van der Waals surface area contributed by atoms with Crippen LogP contribution < -0.4 is 15.0 Å². The van der Waals surface area contributed by atoms with Crippen LogP contribution in [0.5, 0.6) is 5.75 Å². The second-order valence-electron chi connectivity index (χ2n) is 4.65. The van der Waals surface area contributed by atoms with Crippen LogP contribution in [-0.2, 0) is 9.59 Å². The van der Waals surface area contributed by atoms with Gasteiger partial charge in [0, 0.05) is 11.8 Å². The van der Waals surface area contributed by atoms with Gasteiger partial charge in [-0.3, -0.25) is 9.59 Å². The first-order chi connectivity index (χ1) is 9.56. The molecule has 0 spiro atoms. The third kappa shape index (κ3) is 2.74. The molecule has 1 fully saturated rings. The van der Waals surface area contributed by atoms with Crippen molar-refractivity contribution in [1.29, 1.82) is 0 Å². The van der Waals surface area contributed by atoms with Gasteiger partial charge >= 0.3 is 0 Å². The van der Waals surface area contributed by atoms with E-state index in [1.165, 1.54) is 24.1 Å². The molecule has 108 valence electrons. The molecule has 0 aliphatic carbocycles. The normalized spacial score (nSPS) is 18.9. The number of rotatable bonds is 4. The second-order valence-corrected chi connectivity index (χ2v) is 4.65. The van der Waals surface area contributed by atoms with E-state index >= 15 is 0 Å². The maximum atomic E-state index is 13.7. The van der Waals surface area contributed by atoms with Crippen LogP contribution in [0.3, 0.4) is 0 Å². The molecule has 1 aromatic rings. The van der Waals surface area contributed by atoms with E-state index in [0.717, 1.165) is 6.42 Å². The summed E-state index contributed by atoms with van der Waals surface area (Å²) < 4.78 is 18.5. The molecule has 0 radical (unpaired) electrons. The lowest BCUT2D eigenvalue weighted by atomic mass is 10.1. The van der Waals surface area contributed by atoms with Crippen molar-refractivity contribution in [3.63, 3.8) is 0 Å². The fourth-order valence-electron chi connectivity index (χ4n) is 2.24. The Kier molecular flexibility index (Phi) is 4.22. The summed E-state index contributed by atoms with van der Waals surface area (Å²) in [7, 11) is 1.37. The zero-order valence-corrected chi connectivity index (χ0v) is 11.5. The molecule has 2 amide bonds. The molecule has 20 heavy (non-hydrogen) atoms. The molecular formula is C14H17FN2O3. The number of carbonyl (C=O) groups is 2. The third-order valence-electron chi connectivity index (χ3n) is 3.23. The standard InChI is InChI=1S/C14H17FN2O3/c1-3-4-11-14(19)17(8-13(18)16-11)9-5-6-12(20-2)10(15)7-9/h5-7,11H,3-4,8H2,1-2H3,(H,16,18). The van der Waals surface area contributed by atoms with Crippen molar-refractivity contribution >= 4 is 17.5 Å². The Hall–Kier alpha value is -2.11. The molecule has 1 saturated heterocycles. The maximum Gasteiger partial charge on any atom is 0.250 e. The molecule has 1 atom stereocenters. The monoisotopic (exact) mass is 280 g/mol. The van der Waals surface area contributed by atoms with E-state index in [-0.39, 0.29) is 24.1 Å². The van der Waals surface area contributed by atoms with Crippen molar-refractivity contribution in [3.05, 3.63) is 24.0 Å². The molecule has 2 rings (SSSR count). The molecule has 1 heterocycles. The van der Waals surface area contributed by atoms with Crippen molar-refractivity contribution in [2.24, 2.45) is 0 Å². The largest absolute Gasteiger partial charge is 0.494 e. The fourth-order valence-corrected chi connectivity index (χ4v) is 2.24. The van der Waals surface area contributed by atoms with Crippen LogP contribution in [0.4, 0.5) is 10.1 Å². The van der Waals surface area contributed by atoms with Crippen LogP contribution >= 0.6 is 0 Å². The van der Waals surface area contributed by atoms with Gasteiger partial charge in [-0.25, -0.2) is 4.39 Å². The van der Waals surface area contributed by atoms with Crippen LogP contribution in [0.2, 0.25) is 0 Å². The van der Waals surface area contributed by atoms with Crippen LogP contribution in [0.25, 0.3) is 0 Å². The van der Waals surface area contributed by atoms with Gasteiger partial charge in [-0.15, -0.1) is 0 Å². The van der Waals surface area contributed by atoms with Gasteiger partial charge in [-0.2, -0.15) is 0 Å². The number of amides is 2. The summed E-state index contributed by atoms with van der Waals surface area (Å²) in [4.78, 5) is 25.3. The number of nitrogens with zero attached hydrogens (tertiary/aromatic N) is 1. The van der Waals surface area contributed by atoms with Crippen LogP contribution in [0.1, 0.15) is 19.8 Å². The molecule has 0 saturated carbocycles. The maximum absolute atomic E-state index is 13.7. The first-order valence-electron chi connectivity index (χ1n) is 6.51. The number of benzene rings is 1. The summed E-state index contributed by atoms with van der Waals surface area (Å²) >= 11 is 0. The summed E-state index contributed by atoms with van der Waals surface area (Å²) in [5.74, 6) is -0.904. The molecule has 5 nitrogen and oxygen atoms in total. The summed E-state index contributed by atoms with van der Waals surface area (Å²) in [5.41, 5.74) is 0.365. The Morgan fingerprint density at radius 2 is 2.20 bits per heavy atom. The molecule has 6 heteroatoms. The molecule has 1 aliphatic rings. The highest BCUT2D eigenvalue weighted by Gasteiger charge is 2.33. The highest BCUT2D eigenvalue weighted by atomic mass is 19.1. The Morgan fingerprint density at radius 3 is 2.80 bits per heavy atom. The lowest BCUT2D eigenvalue weighted by Gasteiger charge is -2.32. The summed E-state index contributed by atoms with van der Waals surface area (Å²) in [6.07, 6.45) is 1.35. The highest BCUT2D eigenvalue weighted by molar-refractivity contribution is 6.06. The number of methoxy groups -OCH3 is 1. The minimum Gasteiger partial charge on any atom is -0.494 e. The van der Waals surface area contributed by atoms with Crippen molar-refractivity contribution in [2.45, 2.75) is 25.8 Å². The van der Waals surface area contributed by atoms with Crippen LogP contribution in [0.15, 0.2) is 18.2 Å². The summed E-state index contributed by atoms with van der Waals surface area (Å²) in [5, 5.41) is 2.66. The Balaban J connectivity index is 2.28. The van der Waals surface area contributed by atoms with E-state index in [1.807, 2.05) is 6.92 Å². The number of nitrogens with one attached hydrogen (secondary N) is 1. The summed E-state index contributed by atoms with van der Waals surface area (Å²) in [6.45, 7) is 1.84. The van der Waals surface area contributed by atoms with E-state index < -0.39 is 11.9 Å². The minimum atomic E-state index is -0.559. The number of anilines is 1. The lowest BCUT2D eigenvalue weighted by Crippen LogP contribution is -2.58. The first-order valence-corrected chi connectivity index (χ1v) is 6.51. The van der Waals surface area contributed by atoms with Gasteiger partial charge in [0.15, 0.2) is 11.6 Å². The fraction of sp³-hybridized carbons (Fsp3) is 0.429. The van der Waals surface area contributed by atoms with Crippen molar-refractivity contribution in [3.8, 4) is 5.75 Å². The average molecular weight is 280 g/mol. The Labute approximate surface area is 116 Å². The van der Waals surface area contributed by atoms with Gasteiger partial charge in [-0.1, -0.05) is 13.3 Å². The number of halogens is 1. The molecule has 0 bridgehead atoms. The van der Waals surface area contributed by atoms with Gasteiger partial charge in [0.1, 0.15) is 12.6 Å². The number of hydrogen-bond donors (Lipinski definition) is 1. The van der Waals surface area contributed by atoms with Gasteiger partial charge in [0.25, 0.3) is 0 Å². The zero-order chi connectivity index (χ0) is 14.7. The molecule has 1 unspecified atom stereocenters. The molecule has 1 N–H and O–H groups in total. The van der Waals surface area contributed by atoms with E-state index in [2.05, 4.69) is 5.32 Å². The number of carbonyl (C=O) groups excluding carboxylic acids is 2. The SMILES string of the molecule is CCCC1NC(=O)CN(c2ccc(OC)c(F)c2)C1=O. The minimum absolute atomic E-state index is 0.0924. The Morgan fingerprint density at radius 1 is 1.45 bits per heavy atom. The smallest absolute Gasteiger partial charge is 0.250 e. The quantitative estimate of drug-likeness (QED) is 0.908. The van der Waals surface area contributed by atoms with E-state index in [0.29, 0.717) is 12.1 Å². The van der Waals surface area contributed by atoms with Crippen molar-refractivity contribution in [1.82, 2.24) is 5.32 Å². The highest BCUT2D eigenvalue weighted by Crippen LogP contribution is 2.25. The van der Waals surface area contributed by atoms with E-state index in [1.54, 1.807) is 6.07 Å². The predicted octanol–water partition coefficient (Wildman–Crippen LogP) is 1.47. The van der Waals surface area contributed by atoms with Gasteiger partial charge < -0.3 is 15.0 Å². The Bertz CT molecular complexity index is 533. The van der Waals surface area contributed by atoms with Gasteiger partial charge in [-0.05, 0) is 18.6 Å². The molecule has 1 aromatic carbocycles. The predicted molar refractivity (Wildman–Crippen MR) is 72.1 cm³/mol. The van der Waals surface area contributed by atoms with E-state index in [9.17, 15) is 14.0 Å². The number of piperazine rings is 1. The second kappa shape index (κ2) is 5.90. The van der Waals surface area contributed by atoms with Crippen molar-refractivity contribution < 1.29 is 18.7 Å². The molecule has 1 aliphatic heterocycles. The van der Waals surface area contributed by atoms with Crippen LogP contribution in [0, 0.1) is 5.82 Å². The zero-order valence-electron chi connectivity index (χ0n) is 11.5. The molecular weight excluding hydrogens is 263 g/mol. The average Bonchev–Trinajstić information content (AvgIpc) is 2.42. The topological polar surface area (TPSA) is 58.6 Å². The van der Waals surface area contributed by atoms with Gasteiger partial charge in [0.2, 0.25) is 11.8 Å². The van der Waals surface area contributed by atoms with Gasteiger partial charge in [0.05, 0.1) is 7.11 Å².